The van der Waals surface area contributed by atoms with Gasteiger partial charge in [0, 0.05) is 26.3 Å². The third kappa shape index (κ3) is 9.93. The van der Waals surface area contributed by atoms with E-state index >= 15 is 0 Å². The first-order chi connectivity index (χ1) is 7.70. The van der Waals surface area contributed by atoms with E-state index in [9.17, 15) is 4.79 Å². The maximum atomic E-state index is 11.4. The smallest absolute Gasteiger partial charge is 0.233 e. The molecule has 4 nitrogen and oxygen atoms in total. The van der Waals surface area contributed by atoms with Crippen molar-refractivity contribution in [1.82, 2.24) is 10.6 Å². The summed E-state index contributed by atoms with van der Waals surface area (Å²) >= 11 is 0. The SMILES string of the molecule is CCCCC(C)NCC(=O)NCCCOC. The predicted molar refractivity (Wildman–Crippen MR) is 66.5 cm³/mol. The molecule has 4 heteroatoms. The highest BCUT2D eigenvalue weighted by molar-refractivity contribution is 5.77. The van der Waals surface area contributed by atoms with Gasteiger partial charge >= 0.3 is 0 Å². The van der Waals surface area contributed by atoms with Gasteiger partial charge < -0.3 is 15.4 Å². The Bertz CT molecular complexity index is 174. The Morgan fingerprint density at radius 2 is 2.12 bits per heavy atom. The van der Waals surface area contributed by atoms with Gasteiger partial charge in [-0.3, -0.25) is 4.79 Å². The first-order valence-corrected chi connectivity index (χ1v) is 6.19. The van der Waals surface area contributed by atoms with Crippen molar-refractivity contribution in [2.24, 2.45) is 0 Å². The molecule has 0 aromatic heterocycles. The van der Waals surface area contributed by atoms with Gasteiger partial charge in [0.15, 0.2) is 0 Å². The number of hydrogen-bond acceptors (Lipinski definition) is 3. The largest absolute Gasteiger partial charge is 0.385 e. The molecule has 0 aromatic carbocycles. The van der Waals surface area contributed by atoms with Crippen molar-refractivity contribution in [3.05, 3.63) is 0 Å². The van der Waals surface area contributed by atoms with Crippen LogP contribution >= 0.6 is 0 Å². The van der Waals surface area contributed by atoms with Crippen molar-refractivity contribution in [3.63, 3.8) is 0 Å². The van der Waals surface area contributed by atoms with Crippen molar-refractivity contribution < 1.29 is 9.53 Å². The number of amides is 1. The van der Waals surface area contributed by atoms with Crippen molar-refractivity contribution >= 4 is 5.91 Å². The molecule has 0 fully saturated rings. The standard InChI is InChI=1S/C12H26N2O2/c1-4-5-7-11(2)14-10-12(15)13-8-6-9-16-3/h11,14H,4-10H2,1-3H3,(H,13,15). The lowest BCUT2D eigenvalue weighted by atomic mass is 10.1. The highest BCUT2D eigenvalue weighted by atomic mass is 16.5. The van der Waals surface area contributed by atoms with E-state index in [-0.39, 0.29) is 5.91 Å². The molecule has 0 aliphatic carbocycles. The van der Waals surface area contributed by atoms with Crippen LogP contribution in [0.1, 0.15) is 39.5 Å². The number of hydrogen-bond donors (Lipinski definition) is 2. The Morgan fingerprint density at radius 1 is 1.38 bits per heavy atom. The molecule has 0 spiro atoms. The van der Waals surface area contributed by atoms with Gasteiger partial charge in [0.1, 0.15) is 0 Å². The number of carbonyl (C=O) groups is 1. The summed E-state index contributed by atoms with van der Waals surface area (Å²) in [7, 11) is 1.67. The summed E-state index contributed by atoms with van der Waals surface area (Å²) in [5, 5.41) is 6.06. The molecular formula is C12H26N2O2. The van der Waals surface area contributed by atoms with Crippen LogP contribution in [0.3, 0.4) is 0 Å². The van der Waals surface area contributed by atoms with Crippen LogP contribution in [-0.2, 0) is 9.53 Å². The molecule has 0 rings (SSSR count). The van der Waals surface area contributed by atoms with Gasteiger partial charge in [0.2, 0.25) is 5.91 Å². The Balaban J connectivity index is 3.35. The zero-order valence-corrected chi connectivity index (χ0v) is 10.8. The first-order valence-electron chi connectivity index (χ1n) is 6.19. The molecule has 16 heavy (non-hydrogen) atoms. The van der Waals surface area contributed by atoms with Crippen LogP contribution in [0.15, 0.2) is 0 Å². The van der Waals surface area contributed by atoms with Gasteiger partial charge in [-0.2, -0.15) is 0 Å². The lowest BCUT2D eigenvalue weighted by Gasteiger charge is -2.13. The molecule has 2 N–H and O–H groups in total. The second-order valence-corrected chi connectivity index (χ2v) is 4.12. The quantitative estimate of drug-likeness (QED) is 0.556. The topological polar surface area (TPSA) is 50.4 Å². The summed E-state index contributed by atoms with van der Waals surface area (Å²) in [5.74, 6) is 0.0689. The molecule has 0 saturated carbocycles. The van der Waals surface area contributed by atoms with E-state index in [0.717, 1.165) is 12.8 Å². The summed E-state index contributed by atoms with van der Waals surface area (Å²) in [6.07, 6.45) is 4.42. The van der Waals surface area contributed by atoms with Crippen molar-refractivity contribution in [2.75, 3.05) is 26.8 Å². The second-order valence-electron chi connectivity index (χ2n) is 4.12. The van der Waals surface area contributed by atoms with Gasteiger partial charge in [0.25, 0.3) is 0 Å². The third-order valence-corrected chi connectivity index (χ3v) is 2.45. The van der Waals surface area contributed by atoms with Crippen LogP contribution in [0.2, 0.25) is 0 Å². The van der Waals surface area contributed by atoms with Crippen LogP contribution < -0.4 is 10.6 Å². The fourth-order valence-electron chi connectivity index (χ4n) is 1.39. The number of nitrogens with one attached hydrogen (secondary N) is 2. The first kappa shape index (κ1) is 15.4. The van der Waals surface area contributed by atoms with Gasteiger partial charge in [-0.15, -0.1) is 0 Å². The minimum Gasteiger partial charge on any atom is -0.385 e. The van der Waals surface area contributed by atoms with Crippen LogP contribution in [0.25, 0.3) is 0 Å². The lowest BCUT2D eigenvalue weighted by Crippen LogP contribution is -2.38. The Morgan fingerprint density at radius 3 is 2.75 bits per heavy atom. The fraction of sp³-hybridized carbons (Fsp3) is 0.917. The normalized spacial score (nSPS) is 12.4. The Hall–Kier alpha value is -0.610. The number of unbranched alkanes of at least 4 members (excludes halogenated alkanes) is 1. The van der Waals surface area contributed by atoms with E-state index in [1.54, 1.807) is 7.11 Å². The third-order valence-electron chi connectivity index (χ3n) is 2.45. The Labute approximate surface area is 99.1 Å². The maximum Gasteiger partial charge on any atom is 0.233 e. The van der Waals surface area contributed by atoms with Gasteiger partial charge in [0.05, 0.1) is 6.54 Å². The summed E-state index contributed by atoms with van der Waals surface area (Å²) in [6, 6.07) is 0.421. The van der Waals surface area contributed by atoms with Crippen molar-refractivity contribution in [1.29, 1.82) is 0 Å². The fourth-order valence-corrected chi connectivity index (χ4v) is 1.39. The molecular weight excluding hydrogens is 204 g/mol. The summed E-state index contributed by atoms with van der Waals surface area (Å²) in [5.41, 5.74) is 0. The minimum absolute atomic E-state index is 0.0689. The number of rotatable bonds is 10. The monoisotopic (exact) mass is 230 g/mol. The highest BCUT2D eigenvalue weighted by Crippen LogP contribution is 1.98. The molecule has 1 atom stereocenters. The average molecular weight is 230 g/mol. The molecule has 1 amide bonds. The van der Waals surface area contributed by atoms with Crippen LogP contribution in [0.4, 0.5) is 0 Å². The highest BCUT2D eigenvalue weighted by Gasteiger charge is 2.04. The molecule has 0 radical (unpaired) electrons. The van der Waals surface area contributed by atoms with E-state index in [1.807, 2.05) is 0 Å². The van der Waals surface area contributed by atoms with E-state index in [0.29, 0.717) is 25.7 Å². The Kier molecular flexibility index (Phi) is 10.5. The van der Waals surface area contributed by atoms with Gasteiger partial charge in [-0.25, -0.2) is 0 Å². The van der Waals surface area contributed by atoms with E-state index in [2.05, 4.69) is 24.5 Å². The number of methoxy groups -OCH3 is 1. The van der Waals surface area contributed by atoms with Gasteiger partial charge in [-0.05, 0) is 19.8 Å². The zero-order chi connectivity index (χ0) is 12.2. The molecule has 1 unspecified atom stereocenters. The average Bonchev–Trinajstić information content (AvgIpc) is 2.29. The van der Waals surface area contributed by atoms with Crippen molar-refractivity contribution in [3.8, 4) is 0 Å². The minimum atomic E-state index is 0.0689. The molecule has 0 saturated heterocycles. The summed E-state index contributed by atoms with van der Waals surface area (Å²) in [6.45, 7) is 6.10. The lowest BCUT2D eigenvalue weighted by molar-refractivity contribution is -0.120. The van der Waals surface area contributed by atoms with Crippen LogP contribution in [-0.4, -0.2) is 38.8 Å². The van der Waals surface area contributed by atoms with E-state index < -0.39 is 0 Å². The predicted octanol–water partition coefficient (Wildman–Crippen LogP) is 1.31. The molecule has 0 aromatic rings. The second kappa shape index (κ2) is 10.9. The summed E-state index contributed by atoms with van der Waals surface area (Å²) in [4.78, 5) is 11.4. The number of carbonyl (C=O) groups excluding carboxylic acids is 1. The van der Waals surface area contributed by atoms with E-state index in [4.69, 9.17) is 4.74 Å². The maximum absolute atomic E-state index is 11.4. The van der Waals surface area contributed by atoms with Crippen molar-refractivity contribution in [2.45, 2.75) is 45.6 Å². The zero-order valence-electron chi connectivity index (χ0n) is 10.8. The van der Waals surface area contributed by atoms with Gasteiger partial charge in [-0.1, -0.05) is 19.8 Å². The molecule has 0 heterocycles. The molecule has 0 bridgehead atoms. The van der Waals surface area contributed by atoms with Crippen LogP contribution in [0, 0.1) is 0 Å². The summed E-state index contributed by atoms with van der Waals surface area (Å²) < 4.78 is 4.90. The molecule has 0 aliphatic heterocycles. The van der Waals surface area contributed by atoms with Crippen LogP contribution in [0.5, 0.6) is 0 Å². The number of ether oxygens (including phenoxy) is 1. The molecule has 96 valence electrons. The van der Waals surface area contributed by atoms with E-state index in [1.165, 1.54) is 12.8 Å². The molecule has 0 aliphatic rings.